The highest BCUT2D eigenvalue weighted by Crippen LogP contribution is 2.45. The maximum absolute atomic E-state index is 12.5. The van der Waals surface area contributed by atoms with Crippen molar-refractivity contribution in [1.82, 2.24) is 10.2 Å². The summed E-state index contributed by atoms with van der Waals surface area (Å²) in [6.07, 6.45) is 8.11. The number of alkyl carbamates (subject to hydrolysis) is 1. The van der Waals surface area contributed by atoms with E-state index in [0.717, 1.165) is 36.2 Å². The molecule has 0 bridgehead atoms. The van der Waals surface area contributed by atoms with Crippen molar-refractivity contribution in [2.75, 3.05) is 0 Å². The number of nitriles is 1. The van der Waals surface area contributed by atoms with E-state index in [1.807, 2.05) is 57.3 Å². The Labute approximate surface area is 206 Å². The molecule has 2 aromatic carbocycles. The predicted octanol–water partition coefficient (Wildman–Crippen LogP) is 6.06. The third-order valence-corrected chi connectivity index (χ3v) is 6.86. The predicted molar refractivity (Wildman–Crippen MR) is 135 cm³/mol. The topological polar surface area (TPSA) is 77.7 Å². The summed E-state index contributed by atoms with van der Waals surface area (Å²) in [5.41, 5.74) is 3.03. The van der Waals surface area contributed by atoms with E-state index in [9.17, 15) is 10.1 Å². The molecule has 0 spiro atoms. The Balaban J connectivity index is 1.44. The van der Waals surface area contributed by atoms with Gasteiger partial charge >= 0.3 is 6.09 Å². The largest absolute Gasteiger partial charge is 0.444 e. The summed E-state index contributed by atoms with van der Waals surface area (Å²) >= 11 is 0. The lowest BCUT2D eigenvalue weighted by molar-refractivity contribution is 0.0377. The summed E-state index contributed by atoms with van der Waals surface area (Å²) in [7, 11) is 0. The second-order valence-electron chi connectivity index (χ2n) is 10.4. The molecule has 2 aliphatic heterocycles. The highest BCUT2D eigenvalue weighted by molar-refractivity contribution is 5.98. The van der Waals surface area contributed by atoms with Crippen LogP contribution in [0.3, 0.4) is 0 Å². The van der Waals surface area contributed by atoms with Crippen LogP contribution in [0.1, 0.15) is 68.8 Å². The Hall–Kier alpha value is -3.85. The third kappa shape index (κ3) is 4.46. The summed E-state index contributed by atoms with van der Waals surface area (Å²) in [5.74, 6) is 0.800. The third-order valence-electron chi connectivity index (χ3n) is 6.86. The number of carbonyl (C=O) groups excluding carboxylic acids is 1. The molecule has 2 aromatic rings. The van der Waals surface area contributed by atoms with Crippen LogP contribution in [0.4, 0.5) is 4.79 Å². The minimum atomic E-state index is -0.534. The van der Waals surface area contributed by atoms with Gasteiger partial charge in [0.15, 0.2) is 0 Å². The number of carbonyl (C=O) groups is 1. The number of ether oxygens (including phenoxy) is 1. The molecule has 178 valence electrons. The quantitative estimate of drug-likeness (QED) is 0.594. The first kappa shape index (κ1) is 22.9. The first-order valence-electron chi connectivity index (χ1n) is 12.1. The number of amidine groups is 1. The number of nitrogens with one attached hydrogen (secondary N) is 1. The molecule has 1 amide bonds. The van der Waals surface area contributed by atoms with E-state index in [4.69, 9.17) is 9.73 Å². The van der Waals surface area contributed by atoms with Crippen LogP contribution in [0, 0.1) is 11.3 Å². The molecule has 35 heavy (non-hydrogen) atoms. The van der Waals surface area contributed by atoms with Crippen molar-refractivity contribution in [1.29, 1.82) is 5.26 Å². The highest BCUT2D eigenvalue weighted by Gasteiger charge is 2.42. The maximum atomic E-state index is 12.5. The molecule has 2 heterocycles. The SMILES string of the molecule is CC(C)(C)OC(=O)NC1(c2ccc(C3N=C4C=C(C#N)C=CN4C3c3ccccc3)cc2)CCC1. The Morgan fingerprint density at radius 2 is 1.83 bits per heavy atom. The molecule has 2 atom stereocenters. The van der Waals surface area contributed by atoms with Crippen molar-refractivity contribution >= 4 is 11.9 Å². The minimum absolute atomic E-state index is 0.00217. The molecule has 1 N–H and O–H groups in total. The van der Waals surface area contributed by atoms with Gasteiger partial charge in [0, 0.05) is 6.20 Å². The Bertz CT molecular complexity index is 1240. The first-order chi connectivity index (χ1) is 16.8. The monoisotopic (exact) mass is 466 g/mol. The number of amides is 1. The molecule has 6 heteroatoms. The number of nitrogens with zero attached hydrogens (tertiary/aromatic N) is 3. The van der Waals surface area contributed by atoms with Gasteiger partial charge in [-0.3, -0.25) is 4.99 Å². The van der Waals surface area contributed by atoms with Gasteiger partial charge in [-0.1, -0.05) is 54.6 Å². The molecule has 3 aliphatic rings. The number of fused-ring (bicyclic) bond motifs is 1. The van der Waals surface area contributed by atoms with Crippen LogP contribution in [0.25, 0.3) is 0 Å². The summed E-state index contributed by atoms with van der Waals surface area (Å²) in [6.45, 7) is 5.62. The number of benzene rings is 2. The highest BCUT2D eigenvalue weighted by atomic mass is 16.6. The van der Waals surface area contributed by atoms with Crippen molar-refractivity contribution in [2.24, 2.45) is 4.99 Å². The molecule has 1 aliphatic carbocycles. The summed E-state index contributed by atoms with van der Waals surface area (Å²) in [5, 5.41) is 12.5. The summed E-state index contributed by atoms with van der Waals surface area (Å²) < 4.78 is 5.52. The Kier molecular flexibility index (Phi) is 5.72. The van der Waals surface area contributed by atoms with Crippen molar-refractivity contribution in [3.05, 3.63) is 95.2 Å². The van der Waals surface area contributed by atoms with Gasteiger partial charge in [-0.2, -0.15) is 5.26 Å². The van der Waals surface area contributed by atoms with Crippen LogP contribution in [-0.2, 0) is 10.3 Å². The van der Waals surface area contributed by atoms with Gasteiger partial charge in [-0.25, -0.2) is 4.79 Å². The van der Waals surface area contributed by atoms with Crippen LogP contribution >= 0.6 is 0 Å². The fourth-order valence-electron chi connectivity index (χ4n) is 5.04. The lowest BCUT2D eigenvalue weighted by Gasteiger charge is -2.43. The lowest BCUT2D eigenvalue weighted by atomic mass is 9.71. The van der Waals surface area contributed by atoms with Gasteiger partial charge in [0.2, 0.25) is 0 Å². The number of hydrogen-bond acceptors (Lipinski definition) is 5. The molecule has 0 radical (unpaired) electrons. The van der Waals surface area contributed by atoms with E-state index in [0.29, 0.717) is 5.57 Å². The fourth-order valence-corrected chi connectivity index (χ4v) is 5.04. The van der Waals surface area contributed by atoms with Gasteiger partial charge in [-0.15, -0.1) is 0 Å². The lowest BCUT2D eigenvalue weighted by Crippen LogP contribution is -2.52. The first-order valence-corrected chi connectivity index (χ1v) is 12.1. The zero-order valence-electron chi connectivity index (χ0n) is 20.4. The summed E-state index contributed by atoms with van der Waals surface area (Å²) in [4.78, 5) is 19.7. The molecule has 1 saturated carbocycles. The maximum Gasteiger partial charge on any atom is 0.408 e. The van der Waals surface area contributed by atoms with E-state index in [-0.39, 0.29) is 23.7 Å². The van der Waals surface area contributed by atoms with Crippen LogP contribution in [0.15, 0.2) is 83.5 Å². The number of hydrogen-bond donors (Lipinski definition) is 1. The average Bonchev–Trinajstić information content (AvgIpc) is 3.19. The number of rotatable bonds is 4. The average molecular weight is 467 g/mol. The van der Waals surface area contributed by atoms with Crippen molar-refractivity contribution in [2.45, 2.75) is 63.3 Å². The molecule has 0 saturated heterocycles. The number of aliphatic imine (C=N–C) groups is 1. The van der Waals surface area contributed by atoms with Crippen molar-refractivity contribution in [3.8, 4) is 6.07 Å². The molecular weight excluding hydrogens is 436 g/mol. The van der Waals surface area contributed by atoms with E-state index in [2.05, 4.69) is 52.7 Å². The van der Waals surface area contributed by atoms with Gasteiger partial charge in [0.05, 0.1) is 23.2 Å². The molecule has 5 rings (SSSR count). The van der Waals surface area contributed by atoms with Crippen LogP contribution < -0.4 is 5.32 Å². The van der Waals surface area contributed by atoms with Crippen LogP contribution in [0.5, 0.6) is 0 Å². The molecular formula is C29H30N4O2. The standard InChI is InChI=1S/C29H30N4O2/c1-28(2,3)35-27(34)32-29(15-7-16-29)23-12-10-21(11-13-23)25-26(22-8-5-4-6-9-22)33-17-14-20(19-30)18-24(33)31-25/h4-6,8-14,17-18,25-26H,7,15-16H2,1-3H3,(H,32,34). The molecule has 1 fully saturated rings. The second kappa shape index (κ2) is 8.74. The van der Waals surface area contributed by atoms with E-state index < -0.39 is 5.60 Å². The fraction of sp³-hybridized carbons (Fsp3) is 0.345. The Morgan fingerprint density at radius 1 is 1.11 bits per heavy atom. The van der Waals surface area contributed by atoms with Gasteiger partial charge in [0.1, 0.15) is 17.5 Å². The van der Waals surface area contributed by atoms with Gasteiger partial charge in [0.25, 0.3) is 0 Å². The summed E-state index contributed by atoms with van der Waals surface area (Å²) in [6, 6.07) is 20.9. The minimum Gasteiger partial charge on any atom is -0.444 e. The van der Waals surface area contributed by atoms with Crippen molar-refractivity contribution < 1.29 is 9.53 Å². The second-order valence-corrected chi connectivity index (χ2v) is 10.4. The molecule has 0 aromatic heterocycles. The zero-order valence-corrected chi connectivity index (χ0v) is 20.4. The number of allylic oxidation sites excluding steroid dienone is 2. The van der Waals surface area contributed by atoms with Gasteiger partial charge < -0.3 is 15.0 Å². The van der Waals surface area contributed by atoms with Gasteiger partial charge in [-0.05, 0) is 68.9 Å². The zero-order chi connectivity index (χ0) is 24.6. The molecule has 6 nitrogen and oxygen atoms in total. The van der Waals surface area contributed by atoms with Crippen LogP contribution in [0.2, 0.25) is 0 Å². The van der Waals surface area contributed by atoms with E-state index in [1.54, 1.807) is 0 Å². The smallest absolute Gasteiger partial charge is 0.408 e. The Morgan fingerprint density at radius 3 is 2.43 bits per heavy atom. The van der Waals surface area contributed by atoms with E-state index in [1.165, 1.54) is 5.56 Å². The van der Waals surface area contributed by atoms with Crippen LogP contribution in [-0.4, -0.2) is 22.4 Å². The van der Waals surface area contributed by atoms with Crippen molar-refractivity contribution in [3.63, 3.8) is 0 Å². The normalized spacial score (nSPS) is 22.3. The van der Waals surface area contributed by atoms with E-state index >= 15 is 0 Å². The molecule has 2 unspecified atom stereocenters.